The van der Waals surface area contributed by atoms with Gasteiger partial charge >= 0.3 is 0 Å². The van der Waals surface area contributed by atoms with Crippen molar-refractivity contribution < 1.29 is 0 Å². The SMILES string of the molecule is CCNC(Cc1ccc(C)c(C)c1)c1cc(Cl)ccc1Cl. The monoisotopic (exact) mass is 321 g/mol. The van der Waals surface area contributed by atoms with E-state index in [-0.39, 0.29) is 6.04 Å². The van der Waals surface area contributed by atoms with Crippen molar-refractivity contribution >= 4 is 23.2 Å². The van der Waals surface area contributed by atoms with Crippen LogP contribution in [0.1, 0.15) is 35.2 Å². The topological polar surface area (TPSA) is 12.0 Å². The average molecular weight is 322 g/mol. The Morgan fingerprint density at radius 3 is 2.43 bits per heavy atom. The summed E-state index contributed by atoms with van der Waals surface area (Å²) in [5.74, 6) is 0. The van der Waals surface area contributed by atoms with Crippen LogP contribution < -0.4 is 5.32 Å². The molecule has 0 spiro atoms. The Hall–Kier alpha value is -1.02. The quantitative estimate of drug-likeness (QED) is 0.766. The second-order valence-corrected chi connectivity index (χ2v) is 6.24. The fourth-order valence-electron chi connectivity index (χ4n) is 2.49. The summed E-state index contributed by atoms with van der Waals surface area (Å²) in [4.78, 5) is 0. The van der Waals surface area contributed by atoms with Crippen molar-refractivity contribution in [3.63, 3.8) is 0 Å². The van der Waals surface area contributed by atoms with Gasteiger partial charge in [-0.3, -0.25) is 0 Å². The third-order valence-electron chi connectivity index (χ3n) is 3.80. The van der Waals surface area contributed by atoms with Crippen molar-refractivity contribution in [3.05, 3.63) is 68.7 Å². The van der Waals surface area contributed by atoms with Gasteiger partial charge in [0.25, 0.3) is 0 Å². The van der Waals surface area contributed by atoms with Gasteiger partial charge in [-0.25, -0.2) is 0 Å². The van der Waals surface area contributed by atoms with E-state index in [0.717, 1.165) is 28.6 Å². The molecule has 0 aliphatic carbocycles. The summed E-state index contributed by atoms with van der Waals surface area (Å²) in [7, 11) is 0. The van der Waals surface area contributed by atoms with Gasteiger partial charge in [-0.2, -0.15) is 0 Å². The molecule has 0 bridgehead atoms. The normalized spacial score (nSPS) is 12.4. The third-order valence-corrected chi connectivity index (χ3v) is 4.37. The highest BCUT2D eigenvalue weighted by atomic mass is 35.5. The van der Waals surface area contributed by atoms with Crippen molar-refractivity contribution in [2.75, 3.05) is 6.54 Å². The number of likely N-dealkylation sites (N-methyl/N-ethyl adjacent to an activating group) is 1. The summed E-state index contributed by atoms with van der Waals surface area (Å²) >= 11 is 12.5. The summed E-state index contributed by atoms with van der Waals surface area (Å²) in [6.45, 7) is 7.27. The molecule has 2 aromatic rings. The summed E-state index contributed by atoms with van der Waals surface area (Å²) in [5.41, 5.74) is 5.00. The molecule has 0 aliphatic rings. The smallest absolute Gasteiger partial charge is 0.0454 e. The van der Waals surface area contributed by atoms with Gasteiger partial charge in [0, 0.05) is 16.1 Å². The number of rotatable bonds is 5. The average Bonchev–Trinajstić information content (AvgIpc) is 2.45. The molecule has 0 fully saturated rings. The fraction of sp³-hybridized carbons (Fsp3) is 0.333. The lowest BCUT2D eigenvalue weighted by Crippen LogP contribution is -2.23. The van der Waals surface area contributed by atoms with Crippen LogP contribution in [0.15, 0.2) is 36.4 Å². The molecule has 0 saturated heterocycles. The Bertz CT molecular complexity index is 623. The zero-order valence-electron chi connectivity index (χ0n) is 12.7. The van der Waals surface area contributed by atoms with E-state index in [9.17, 15) is 0 Å². The van der Waals surface area contributed by atoms with Crippen LogP contribution in [0.4, 0.5) is 0 Å². The Labute approximate surface area is 137 Å². The first-order chi connectivity index (χ1) is 10.0. The summed E-state index contributed by atoms with van der Waals surface area (Å²) in [6, 6.07) is 12.4. The minimum atomic E-state index is 0.170. The van der Waals surface area contributed by atoms with E-state index in [1.54, 1.807) is 0 Å². The lowest BCUT2D eigenvalue weighted by Gasteiger charge is -2.20. The number of aryl methyl sites for hydroxylation is 2. The van der Waals surface area contributed by atoms with Gasteiger partial charge in [0.15, 0.2) is 0 Å². The van der Waals surface area contributed by atoms with Crippen LogP contribution in [0.25, 0.3) is 0 Å². The molecule has 0 saturated carbocycles. The minimum Gasteiger partial charge on any atom is -0.310 e. The lowest BCUT2D eigenvalue weighted by atomic mass is 9.96. The van der Waals surface area contributed by atoms with Crippen molar-refractivity contribution in [2.45, 2.75) is 33.2 Å². The lowest BCUT2D eigenvalue weighted by molar-refractivity contribution is 0.550. The zero-order valence-corrected chi connectivity index (χ0v) is 14.2. The van der Waals surface area contributed by atoms with Crippen LogP contribution in [0, 0.1) is 13.8 Å². The van der Waals surface area contributed by atoms with Crippen molar-refractivity contribution in [1.29, 1.82) is 0 Å². The minimum absolute atomic E-state index is 0.170. The molecule has 2 rings (SSSR count). The maximum absolute atomic E-state index is 6.35. The molecule has 0 radical (unpaired) electrons. The van der Waals surface area contributed by atoms with E-state index in [4.69, 9.17) is 23.2 Å². The molecule has 1 nitrogen and oxygen atoms in total. The Kier molecular flexibility index (Phi) is 5.69. The molecule has 1 unspecified atom stereocenters. The van der Waals surface area contributed by atoms with E-state index < -0.39 is 0 Å². The highest BCUT2D eigenvalue weighted by Gasteiger charge is 2.15. The first-order valence-electron chi connectivity index (χ1n) is 7.25. The van der Waals surface area contributed by atoms with Gasteiger partial charge in [0.05, 0.1) is 0 Å². The van der Waals surface area contributed by atoms with Crippen molar-refractivity contribution in [3.8, 4) is 0 Å². The zero-order chi connectivity index (χ0) is 15.4. The second-order valence-electron chi connectivity index (χ2n) is 5.40. The van der Waals surface area contributed by atoms with Crippen LogP contribution in [-0.4, -0.2) is 6.54 Å². The molecular weight excluding hydrogens is 301 g/mol. The van der Waals surface area contributed by atoms with E-state index in [1.165, 1.54) is 16.7 Å². The fourth-order valence-corrected chi connectivity index (χ4v) is 2.92. The maximum Gasteiger partial charge on any atom is 0.0454 e. The van der Waals surface area contributed by atoms with E-state index in [2.05, 4.69) is 44.3 Å². The van der Waals surface area contributed by atoms with Gasteiger partial charge in [-0.15, -0.1) is 0 Å². The van der Waals surface area contributed by atoms with Crippen LogP contribution in [0.3, 0.4) is 0 Å². The molecule has 21 heavy (non-hydrogen) atoms. The summed E-state index contributed by atoms with van der Waals surface area (Å²) in [5, 5.41) is 4.98. The standard InChI is InChI=1S/C18H21Cl2N/c1-4-21-18(16-11-15(19)7-8-17(16)20)10-14-6-5-12(2)13(3)9-14/h5-9,11,18,21H,4,10H2,1-3H3. The molecule has 2 aromatic carbocycles. The van der Waals surface area contributed by atoms with Crippen molar-refractivity contribution in [1.82, 2.24) is 5.32 Å². The molecule has 0 aliphatic heterocycles. The molecule has 0 amide bonds. The molecule has 3 heteroatoms. The van der Waals surface area contributed by atoms with Crippen molar-refractivity contribution in [2.24, 2.45) is 0 Å². The Morgan fingerprint density at radius 2 is 1.76 bits per heavy atom. The van der Waals surface area contributed by atoms with Gasteiger partial charge in [-0.05, 0) is 67.3 Å². The summed E-state index contributed by atoms with van der Waals surface area (Å²) in [6.07, 6.45) is 0.898. The molecule has 1 atom stereocenters. The Morgan fingerprint density at radius 1 is 1.00 bits per heavy atom. The van der Waals surface area contributed by atoms with Crippen LogP contribution in [-0.2, 0) is 6.42 Å². The van der Waals surface area contributed by atoms with E-state index >= 15 is 0 Å². The predicted octanol–water partition coefficient (Wildman–Crippen LogP) is 5.50. The van der Waals surface area contributed by atoms with Crippen LogP contribution >= 0.6 is 23.2 Å². The highest BCUT2D eigenvalue weighted by molar-refractivity contribution is 6.33. The van der Waals surface area contributed by atoms with E-state index in [1.807, 2.05) is 18.2 Å². The van der Waals surface area contributed by atoms with Crippen LogP contribution in [0.5, 0.6) is 0 Å². The number of hydrogen-bond donors (Lipinski definition) is 1. The third kappa shape index (κ3) is 4.23. The molecule has 112 valence electrons. The first-order valence-corrected chi connectivity index (χ1v) is 8.01. The van der Waals surface area contributed by atoms with Gasteiger partial charge in [0.1, 0.15) is 0 Å². The van der Waals surface area contributed by atoms with Gasteiger partial charge in [0.2, 0.25) is 0 Å². The van der Waals surface area contributed by atoms with Crippen LogP contribution in [0.2, 0.25) is 10.0 Å². The molecular formula is C18H21Cl2N. The second kappa shape index (κ2) is 7.31. The molecule has 0 heterocycles. The van der Waals surface area contributed by atoms with Gasteiger partial charge in [-0.1, -0.05) is 48.3 Å². The maximum atomic E-state index is 6.35. The molecule has 1 N–H and O–H groups in total. The number of hydrogen-bond acceptors (Lipinski definition) is 1. The first kappa shape index (κ1) is 16.4. The van der Waals surface area contributed by atoms with E-state index in [0.29, 0.717) is 0 Å². The number of nitrogens with one attached hydrogen (secondary N) is 1. The number of benzene rings is 2. The summed E-state index contributed by atoms with van der Waals surface area (Å²) < 4.78 is 0. The largest absolute Gasteiger partial charge is 0.310 e. The molecule has 0 aromatic heterocycles. The van der Waals surface area contributed by atoms with Gasteiger partial charge < -0.3 is 5.32 Å². The number of halogens is 2. The highest BCUT2D eigenvalue weighted by Crippen LogP contribution is 2.29. The predicted molar refractivity (Wildman–Crippen MR) is 92.5 cm³/mol. The Balaban J connectivity index is 2.30.